The van der Waals surface area contributed by atoms with Gasteiger partial charge in [-0.15, -0.1) is 0 Å². The van der Waals surface area contributed by atoms with Crippen molar-refractivity contribution in [3.8, 4) is 0 Å². The topological polar surface area (TPSA) is 72.6 Å². The Labute approximate surface area is 70.1 Å². The molecule has 0 saturated heterocycles. The molecule has 11 heavy (non-hydrogen) atoms. The van der Waals surface area contributed by atoms with Crippen LogP contribution in [0.15, 0.2) is 16.9 Å². The van der Waals surface area contributed by atoms with Crippen molar-refractivity contribution >= 4 is 27.9 Å². The summed E-state index contributed by atoms with van der Waals surface area (Å²) < 4.78 is 0. The van der Waals surface area contributed by atoms with Gasteiger partial charge < -0.3 is 0 Å². The maximum Gasteiger partial charge on any atom is 0.331 e. The van der Waals surface area contributed by atoms with Gasteiger partial charge in [-0.05, 0) is 0 Å². The highest BCUT2D eigenvalue weighted by molar-refractivity contribution is 9.10. The molecular weight excluding hydrogens is 216 g/mol. The number of Topliss-reactive ketones (excluding diaryl/α,β-unsaturated/α-hetero) is 1. The third-order valence-corrected chi connectivity index (χ3v) is 1.77. The van der Waals surface area contributed by atoms with Crippen LogP contribution < -0.4 is 0 Å². The molecule has 58 valence electrons. The summed E-state index contributed by atoms with van der Waals surface area (Å²) in [6, 6.07) is 0. The molecule has 0 fully saturated rings. The van der Waals surface area contributed by atoms with E-state index in [0.717, 1.165) is 6.20 Å². The summed E-state index contributed by atoms with van der Waals surface area (Å²) in [6.07, 6.45) is 2.25. The van der Waals surface area contributed by atoms with Gasteiger partial charge in [0.2, 0.25) is 0 Å². The van der Waals surface area contributed by atoms with Crippen LogP contribution in [-0.2, 0) is 4.79 Å². The van der Waals surface area contributed by atoms with E-state index in [1.807, 2.05) is 0 Å². The van der Waals surface area contributed by atoms with E-state index >= 15 is 0 Å². The third kappa shape index (κ3) is 1.51. The first-order chi connectivity index (χ1) is 5.13. The number of nitro groups is 1. The number of nitrogens with zero attached hydrogens (tertiary/aromatic N) is 2. The number of aliphatic imine (C=N–C) groups is 1. The lowest BCUT2D eigenvalue weighted by atomic mass is 10.2. The minimum atomic E-state index is -0.743. The summed E-state index contributed by atoms with van der Waals surface area (Å²) in [5.74, 6) is -0.565. The van der Waals surface area contributed by atoms with Crippen molar-refractivity contribution in [2.75, 3.05) is 0 Å². The van der Waals surface area contributed by atoms with Crippen molar-refractivity contribution in [2.45, 2.75) is 4.83 Å². The zero-order valence-corrected chi connectivity index (χ0v) is 6.82. The Balaban J connectivity index is 2.96. The molecule has 0 aromatic heterocycles. The fraction of sp³-hybridized carbons (Fsp3) is 0.200. The van der Waals surface area contributed by atoms with Gasteiger partial charge in [0.15, 0.2) is 0 Å². The van der Waals surface area contributed by atoms with Gasteiger partial charge in [0.1, 0.15) is 11.0 Å². The molecule has 5 nitrogen and oxygen atoms in total. The van der Waals surface area contributed by atoms with Crippen molar-refractivity contribution in [1.29, 1.82) is 0 Å². The lowest BCUT2D eigenvalue weighted by Gasteiger charge is -2.02. The highest BCUT2D eigenvalue weighted by Gasteiger charge is 2.29. The molecule has 0 spiro atoms. The fourth-order valence-electron chi connectivity index (χ4n) is 0.599. The molecule has 1 heterocycles. The second-order valence-electron chi connectivity index (χ2n) is 1.84. The second kappa shape index (κ2) is 2.91. The number of rotatable bonds is 1. The van der Waals surface area contributed by atoms with Crippen LogP contribution in [0.25, 0.3) is 0 Å². The smallest absolute Gasteiger partial charge is 0.285 e. The normalized spacial score (nSPS) is 23.2. The van der Waals surface area contributed by atoms with Gasteiger partial charge >= 0.3 is 5.70 Å². The zero-order chi connectivity index (χ0) is 8.43. The zero-order valence-electron chi connectivity index (χ0n) is 5.23. The second-order valence-corrected chi connectivity index (χ2v) is 2.82. The average Bonchev–Trinajstić information content (AvgIpc) is 1.94. The molecule has 6 heteroatoms. The van der Waals surface area contributed by atoms with Crippen molar-refractivity contribution in [3.63, 3.8) is 0 Å². The molecule has 0 aromatic rings. The summed E-state index contributed by atoms with van der Waals surface area (Å²) in [5.41, 5.74) is -0.477. The van der Waals surface area contributed by atoms with E-state index in [-0.39, 0.29) is 0 Å². The van der Waals surface area contributed by atoms with Gasteiger partial charge in [-0.2, -0.15) is 0 Å². The number of ketones is 1. The van der Waals surface area contributed by atoms with Crippen molar-refractivity contribution < 1.29 is 9.72 Å². The van der Waals surface area contributed by atoms with Gasteiger partial charge in [0, 0.05) is 6.21 Å². The van der Waals surface area contributed by atoms with Gasteiger partial charge in [0.25, 0.3) is 5.78 Å². The molecular formula is C5H3BrN2O3. The maximum atomic E-state index is 10.9. The minimum Gasteiger partial charge on any atom is -0.285 e. The molecule has 0 radical (unpaired) electrons. The van der Waals surface area contributed by atoms with E-state index < -0.39 is 21.2 Å². The van der Waals surface area contributed by atoms with E-state index in [1.165, 1.54) is 6.21 Å². The molecule has 0 aliphatic carbocycles. The van der Waals surface area contributed by atoms with Crippen LogP contribution >= 0.6 is 15.9 Å². The lowest BCUT2D eigenvalue weighted by Crippen LogP contribution is -2.24. The predicted octanol–water partition coefficient (Wildman–Crippen LogP) is 0.521. The van der Waals surface area contributed by atoms with Crippen LogP contribution in [0.1, 0.15) is 0 Å². The molecule has 1 unspecified atom stereocenters. The molecule has 0 bridgehead atoms. The monoisotopic (exact) mass is 218 g/mol. The molecule has 1 rings (SSSR count). The van der Waals surface area contributed by atoms with Crippen LogP contribution in [0.3, 0.4) is 0 Å². The fourth-order valence-corrected chi connectivity index (χ4v) is 0.970. The van der Waals surface area contributed by atoms with E-state index in [1.54, 1.807) is 0 Å². The quantitative estimate of drug-likeness (QED) is 0.366. The third-order valence-electron chi connectivity index (χ3n) is 1.11. The van der Waals surface area contributed by atoms with Crippen molar-refractivity contribution in [2.24, 2.45) is 4.99 Å². The Kier molecular flexibility index (Phi) is 2.13. The SMILES string of the molecule is O=C1C([N+](=O)[O-])=CN=CC1Br. The summed E-state index contributed by atoms with van der Waals surface area (Å²) in [4.78, 5) is 23.2. The molecule has 0 saturated carbocycles. The first-order valence-electron chi connectivity index (χ1n) is 2.69. The Hall–Kier alpha value is -1.04. The molecule has 1 atom stereocenters. The van der Waals surface area contributed by atoms with Crippen LogP contribution in [0.2, 0.25) is 0 Å². The van der Waals surface area contributed by atoms with E-state index in [2.05, 4.69) is 20.9 Å². The molecule has 0 aromatic carbocycles. The molecule has 0 N–H and O–H groups in total. The highest BCUT2D eigenvalue weighted by Crippen LogP contribution is 2.11. The van der Waals surface area contributed by atoms with E-state index in [9.17, 15) is 14.9 Å². The van der Waals surface area contributed by atoms with Crippen LogP contribution in [0, 0.1) is 10.1 Å². The number of hydrogen-bond acceptors (Lipinski definition) is 4. The van der Waals surface area contributed by atoms with Crippen LogP contribution in [0.5, 0.6) is 0 Å². The molecule has 0 amide bonds. The summed E-state index contributed by atoms with van der Waals surface area (Å²) in [5, 5.41) is 10.1. The number of halogens is 1. The van der Waals surface area contributed by atoms with Gasteiger partial charge in [-0.3, -0.25) is 19.9 Å². The largest absolute Gasteiger partial charge is 0.331 e. The first-order valence-corrected chi connectivity index (χ1v) is 3.60. The van der Waals surface area contributed by atoms with Crippen LogP contribution in [0.4, 0.5) is 0 Å². The number of carbonyl (C=O) groups excluding carboxylic acids is 1. The minimum absolute atomic E-state index is 0.477. The number of hydrogen-bond donors (Lipinski definition) is 0. The Morgan fingerprint density at radius 2 is 2.36 bits per heavy atom. The van der Waals surface area contributed by atoms with E-state index in [0.29, 0.717) is 0 Å². The number of alkyl halides is 1. The summed E-state index contributed by atoms with van der Waals surface area (Å²) in [7, 11) is 0. The number of allylic oxidation sites excluding steroid dienone is 1. The van der Waals surface area contributed by atoms with Gasteiger partial charge in [-0.25, -0.2) is 0 Å². The summed E-state index contributed by atoms with van der Waals surface area (Å²) in [6.45, 7) is 0. The average molecular weight is 219 g/mol. The Morgan fingerprint density at radius 1 is 1.73 bits per heavy atom. The predicted molar refractivity (Wildman–Crippen MR) is 41.3 cm³/mol. The Bertz CT molecular complexity index is 271. The molecule has 1 aliphatic rings. The summed E-state index contributed by atoms with van der Waals surface area (Å²) >= 11 is 2.92. The maximum absolute atomic E-state index is 10.9. The van der Waals surface area contributed by atoms with Gasteiger partial charge in [-0.1, -0.05) is 15.9 Å². The highest BCUT2D eigenvalue weighted by atomic mass is 79.9. The van der Waals surface area contributed by atoms with Crippen molar-refractivity contribution in [3.05, 3.63) is 22.0 Å². The van der Waals surface area contributed by atoms with Crippen LogP contribution in [-0.4, -0.2) is 21.7 Å². The lowest BCUT2D eigenvalue weighted by molar-refractivity contribution is -0.419. The van der Waals surface area contributed by atoms with Gasteiger partial charge in [0.05, 0.1) is 4.92 Å². The Morgan fingerprint density at radius 3 is 2.82 bits per heavy atom. The first kappa shape index (κ1) is 8.06. The van der Waals surface area contributed by atoms with E-state index in [4.69, 9.17) is 0 Å². The standard InChI is InChI=1S/C5H3BrN2O3/c6-3-1-7-2-4(5(3)9)8(10)11/h1-3H. The van der Waals surface area contributed by atoms with Crippen molar-refractivity contribution in [1.82, 2.24) is 0 Å². The number of carbonyl (C=O) groups is 1. The molecule has 1 aliphatic heterocycles.